The molecule has 1 aliphatic heterocycles. The maximum Gasteiger partial charge on any atom is 0.407 e. The molecular formula is C18H28N2O2. The van der Waals surface area contributed by atoms with Gasteiger partial charge in [0, 0.05) is 19.6 Å². The molecular weight excluding hydrogens is 276 g/mol. The lowest BCUT2D eigenvalue weighted by Crippen LogP contribution is -2.34. The van der Waals surface area contributed by atoms with Crippen LogP contribution in [0.5, 0.6) is 0 Å². The van der Waals surface area contributed by atoms with Crippen LogP contribution in [0, 0.1) is 0 Å². The van der Waals surface area contributed by atoms with E-state index in [-0.39, 0.29) is 6.09 Å². The Balaban J connectivity index is 1.59. The Hall–Kier alpha value is -1.55. The van der Waals surface area contributed by atoms with Crippen molar-refractivity contribution in [3.8, 4) is 0 Å². The van der Waals surface area contributed by atoms with Crippen LogP contribution in [0.25, 0.3) is 0 Å². The number of hydrogen-bond donors (Lipinski definition) is 1. The lowest BCUT2D eigenvalue weighted by molar-refractivity contribution is 0.0526. The van der Waals surface area contributed by atoms with Gasteiger partial charge in [0.1, 0.15) is 5.60 Å². The van der Waals surface area contributed by atoms with Crippen molar-refractivity contribution in [1.82, 2.24) is 10.2 Å². The van der Waals surface area contributed by atoms with Crippen molar-refractivity contribution < 1.29 is 9.53 Å². The highest BCUT2D eigenvalue weighted by Gasteiger charge is 2.16. The van der Waals surface area contributed by atoms with Gasteiger partial charge in [-0.2, -0.15) is 0 Å². The van der Waals surface area contributed by atoms with E-state index in [9.17, 15) is 4.79 Å². The monoisotopic (exact) mass is 304 g/mol. The minimum atomic E-state index is -0.425. The number of amides is 1. The first kappa shape index (κ1) is 16.8. The van der Waals surface area contributed by atoms with Gasteiger partial charge in [0.2, 0.25) is 0 Å². The SMILES string of the molecule is CC(C)(C)OC(=O)NCCCCN1CCc2ccccc2C1. The average Bonchev–Trinajstić information content (AvgIpc) is 2.45. The van der Waals surface area contributed by atoms with Crippen molar-refractivity contribution in [3.05, 3.63) is 35.4 Å². The van der Waals surface area contributed by atoms with E-state index in [0.717, 1.165) is 38.9 Å². The molecule has 1 aliphatic rings. The topological polar surface area (TPSA) is 41.6 Å². The number of benzene rings is 1. The second-order valence-electron chi connectivity index (χ2n) is 6.93. The third-order valence-electron chi connectivity index (χ3n) is 3.78. The van der Waals surface area contributed by atoms with E-state index in [0.29, 0.717) is 6.54 Å². The molecule has 22 heavy (non-hydrogen) atoms. The number of hydrogen-bond acceptors (Lipinski definition) is 3. The second-order valence-corrected chi connectivity index (χ2v) is 6.93. The minimum Gasteiger partial charge on any atom is -0.444 e. The molecule has 0 radical (unpaired) electrons. The molecule has 0 atom stereocenters. The molecule has 0 unspecified atom stereocenters. The summed E-state index contributed by atoms with van der Waals surface area (Å²) in [6.45, 7) is 9.58. The van der Waals surface area contributed by atoms with Gasteiger partial charge < -0.3 is 10.1 Å². The summed E-state index contributed by atoms with van der Waals surface area (Å²) in [7, 11) is 0. The third-order valence-corrected chi connectivity index (χ3v) is 3.78. The molecule has 0 saturated heterocycles. The Morgan fingerprint density at radius 1 is 1.23 bits per heavy atom. The van der Waals surface area contributed by atoms with E-state index in [2.05, 4.69) is 34.5 Å². The van der Waals surface area contributed by atoms with Crippen LogP contribution in [0.3, 0.4) is 0 Å². The van der Waals surface area contributed by atoms with E-state index in [1.807, 2.05) is 20.8 Å². The lowest BCUT2D eigenvalue weighted by atomic mass is 10.00. The Morgan fingerprint density at radius 3 is 2.68 bits per heavy atom. The fraction of sp³-hybridized carbons (Fsp3) is 0.611. The Morgan fingerprint density at radius 2 is 1.95 bits per heavy atom. The fourth-order valence-electron chi connectivity index (χ4n) is 2.71. The maximum atomic E-state index is 11.5. The van der Waals surface area contributed by atoms with E-state index in [1.165, 1.54) is 11.1 Å². The molecule has 1 amide bonds. The summed E-state index contributed by atoms with van der Waals surface area (Å²) in [5, 5.41) is 2.81. The first-order valence-electron chi connectivity index (χ1n) is 8.20. The second kappa shape index (κ2) is 7.63. The van der Waals surface area contributed by atoms with Crippen LogP contribution in [-0.4, -0.2) is 36.2 Å². The van der Waals surface area contributed by atoms with Gasteiger partial charge in [-0.1, -0.05) is 24.3 Å². The van der Waals surface area contributed by atoms with E-state index >= 15 is 0 Å². The lowest BCUT2D eigenvalue weighted by Gasteiger charge is -2.28. The van der Waals surface area contributed by atoms with Crippen LogP contribution >= 0.6 is 0 Å². The highest BCUT2D eigenvalue weighted by atomic mass is 16.6. The summed E-state index contributed by atoms with van der Waals surface area (Å²) in [6, 6.07) is 8.70. The standard InChI is InChI=1S/C18H28N2O2/c1-18(2,3)22-17(21)19-11-6-7-12-20-13-10-15-8-4-5-9-16(15)14-20/h4-5,8-9H,6-7,10-14H2,1-3H3,(H,19,21). The fourth-order valence-corrected chi connectivity index (χ4v) is 2.71. The summed E-state index contributed by atoms with van der Waals surface area (Å²) in [6.07, 6.45) is 2.90. The number of fused-ring (bicyclic) bond motifs is 1. The molecule has 0 aromatic heterocycles. The van der Waals surface area contributed by atoms with Gasteiger partial charge in [-0.05, 0) is 57.7 Å². The molecule has 0 saturated carbocycles. The molecule has 4 heteroatoms. The van der Waals surface area contributed by atoms with Crippen molar-refractivity contribution >= 4 is 6.09 Å². The quantitative estimate of drug-likeness (QED) is 0.848. The predicted molar refractivity (Wildman–Crippen MR) is 88.9 cm³/mol. The molecule has 0 fully saturated rings. The average molecular weight is 304 g/mol. The van der Waals surface area contributed by atoms with Gasteiger partial charge in [-0.25, -0.2) is 4.79 Å². The molecule has 2 rings (SSSR count). The smallest absolute Gasteiger partial charge is 0.407 e. The Kier molecular flexibility index (Phi) is 5.83. The molecule has 122 valence electrons. The number of ether oxygens (including phenoxy) is 1. The summed E-state index contributed by atoms with van der Waals surface area (Å²) < 4.78 is 5.21. The van der Waals surface area contributed by atoms with Gasteiger partial charge in [0.15, 0.2) is 0 Å². The molecule has 1 N–H and O–H groups in total. The van der Waals surface area contributed by atoms with Crippen molar-refractivity contribution in [2.75, 3.05) is 19.6 Å². The summed E-state index contributed by atoms with van der Waals surface area (Å²) >= 11 is 0. The van der Waals surface area contributed by atoms with Crippen LogP contribution in [0.2, 0.25) is 0 Å². The highest BCUT2D eigenvalue weighted by molar-refractivity contribution is 5.67. The number of unbranched alkanes of at least 4 members (excludes halogenated alkanes) is 1. The first-order chi connectivity index (χ1) is 10.4. The number of nitrogens with one attached hydrogen (secondary N) is 1. The van der Waals surface area contributed by atoms with Crippen LogP contribution in [0.1, 0.15) is 44.7 Å². The molecule has 0 spiro atoms. The highest BCUT2D eigenvalue weighted by Crippen LogP contribution is 2.18. The van der Waals surface area contributed by atoms with Gasteiger partial charge in [-0.15, -0.1) is 0 Å². The minimum absolute atomic E-state index is 0.320. The Bertz CT molecular complexity index is 494. The maximum absolute atomic E-state index is 11.5. The zero-order valence-corrected chi connectivity index (χ0v) is 14.0. The summed E-state index contributed by atoms with van der Waals surface area (Å²) in [5.41, 5.74) is 2.52. The molecule has 1 heterocycles. The number of carbonyl (C=O) groups is 1. The Labute approximate surface area is 133 Å². The molecule has 1 aromatic carbocycles. The molecule has 0 bridgehead atoms. The van der Waals surface area contributed by atoms with Gasteiger partial charge in [-0.3, -0.25) is 4.90 Å². The number of carbonyl (C=O) groups excluding carboxylic acids is 1. The normalized spacial score (nSPS) is 15.2. The van der Waals surface area contributed by atoms with Crippen molar-refractivity contribution in [1.29, 1.82) is 0 Å². The molecule has 4 nitrogen and oxygen atoms in total. The number of alkyl carbamates (subject to hydrolysis) is 1. The van der Waals surface area contributed by atoms with Crippen LogP contribution in [0.4, 0.5) is 4.79 Å². The van der Waals surface area contributed by atoms with E-state index < -0.39 is 5.60 Å². The van der Waals surface area contributed by atoms with Crippen molar-refractivity contribution in [2.45, 2.75) is 52.2 Å². The number of nitrogens with zero attached hydrogens (tertiary/aromatic N) is 1. The molecule has 0 aliphatic carbocycles. The first-order valence-corrected chi connectivity index (χ1v) is 8.20. The van der Waals surface area contributed by atoms with Gasteiger partial charge in [0.25, 0.3) is 0 Å². The zero-order valence-electron chi connectivity index (χ0n) is 14.0. The number of rotatable bonds is 5. The van der Waals surface area contributed by atoms with Crippen LogP contribution < -0.4 is 5.32 Å². The zero-order chi connectivity index (χ0) is 16.0. The molecule has 1 aromatic rings. The van der Waals surface area contributed by atoms with Gasteiger partial charge in [0.05, 0.1) is 0 Å². The van der Waals surface area contributed by atoms with Gasteiger partial charge >= 0.3 is 6.09 Å². The van der Waals surface area contributed by atoms with E-state index in [1.54, 1.807) is 0 Å². The van der Waals surface area contributed by atoms with Crippen molar-refractivity contribution in [3.63, 3.8) is 0 Å². The third kappa shape index (κ3) is 5.68. The predicted octanol–water partition coefficient (Wildman–Crippen LogP) is 3.35. The largest absolute Gasteiger partial charge is 0.444 e. The summed E-state index contributed by atoms with van der Waals surface area (Å²) in [4.78, 5) is 14.0. The summed E-state index contributed by atoms with van der Waals surface area (Å²) in [5.74, 6) is 0. The van der Waals surface area contributed by atoms with Crippen LogP contribution in [0.15, 0.2) is 24.3 Å². The van der Waals surface area contributed by atoms with E-state index in [4.69, 9.17) is 4.74 Å². The van der Waals surface area contributed by atoms with Crippen molar-refractivity contribution in [2.24, 2.45) is 0 Å². The van der Waals surface area contributed by atoms with Crippen LogP contribution in [-0.2, 0) is 17.7 Å².